The van der Waals surface area contributed by atoms with Crippen LogP contribution in [0.25, 0.3) is 0 Å². The fourth-order valence-corrected chi connectivity index (χ4v) is 2.56. The zero-order chi connectivity index (χ0) is 13.3. The number of carbonyl (C=O) groups excluding carboxylic acids is 1. The van der Waals surface area contributed by atoms with Crippen LogP contribution in [0.3, 0.4) is 0 Å². The van der Waals surface area contributed by atoms with Crippen LogP contribution in [0.1, 0.15) is 47.0 Å². The van der Waals surface area contributed by atoms with Crippen LogP contribution in [0.15, 0.2) is 12.7 Å². The van der Waals surface area contributed by atoms with Crippen LogP contribution in [0.4, 0.5) is 0 Å². The minimum absolute atomic E-state index is 0.00957. The van der Waals surface area contributed by atoms with Gasteiger partial charge in [0.2, 0.25) is 5.91 Å². The minimum Gasteiger partial charge on any atom is -0.334 e. The Labute approximate surface area is 105 Å². The van der Waals surface area contributed by atoms with Gasteiger partial charge in [-0.2, -0.15) is 0 Å². The van der Waals surface area contributed by atoms with Gasteiger partial charge >= 0.3 is 0 Å². The van der Waals surface area contributed by atoms with Crippen molar-refractivity contribution in [2.45, 2.75) is 58.5 Å². The van der Waals surface area contributed by atoms with Gasteiger partial charge in [-0.15, -0.1) is 6.58 Å². The summed E-state index contributed by atoms with van der Waals surface area (Å²) in [5, 5.41) is 0. The number of hydrogen-bond acceptors (Lipinski definition) is 2. The molecule has 0 saturated heterocycles. The lowest BCUT2D eigenvalue weighted by molar-refractivity contribution is -0.145. The Morgan fingerprint density at radius 1 is 1.59 bits per heavy atom. The van der Waals surface area contributed by atoms with E-state index in [4.69, 9.17) is 5.73 Å². The summed E-state index contributed by atoms with van der Waals surface area (Å²) < 4.78 is 0. The van der Waals surface area contributed by atoms with Gasteiger partial charge in [-0.05, 0) is 40.5 Å². The zero-order valence-electron chi connectivity index (χ0n) is 11.6. The number of rotatable bonds is 3. The van der Waals surface area contributed by atoms with E-state index in [1.165, 1.54) is 0 Å². The number of nitrogens with zero attached hydrogens (tertiary/aromatic N) is 1. The molecule has 0 radical (unpaired) electrons. The third-order valence-electron chi connectivity index (χ3n) is 3.88. The monoisotopic (exact) mass is 238 g/mol. The summed E-state index contributed by atoms with van der Waals surface area (Å²) in [6.45, 7) is 12.5. The molecule has 0 aliphatic heterocycles. The van der Waals surface area contributed by atoms with E-state index < -0.39 is 5.41 Å². The Hall–Kier alpha value is -0.830. The summed E-state index contributed by atoms with van der Waals surface area (Å²) in [6.07, 6.45) is 4.69. The highest BCUT2D eigenvalue weighted by Crippen LogP contribution is 2.39. The summed E-state index contributed by atoms with van der Waals surface area (Å²) in [4.78, 5) is 14.6. The average molecular weight is 238 g/mol. The third kappa shape index (κ3) is 2.71. The molecule has 98 valence electrons. The van der Waals surface area contributed by atoms with Crippen molar-refractivity contribution in [2.75, 3.05) is 6.54 Å². The van der Waals surface area contributed by atoms with Crippen LogP contribution >= 0.6 is 0 Å². The van der Waals surface area contributed by atoms with Crippen molar-refractivity contribution in [1.82, 2.24) is 4.90 Å². The van der Waals surface area contributed by atoms with Crippen LogP contribution in [-0.2, 0) is 4.79 Å². The number of amides is 1. The van der Waals surface area contributed by atoms with Crippen LogP contribution in [0.5, 0.6) is 0 Å². The van der Waals surface area contributed by atoms with Crippen LogP contribution < -0.4 is 5.73 Å². The lowest BCUT2D eigenvalue weighted by atomic mass is 9.82. The van der Waals surface area contributed by atoms with Crippen molar-refractivity contribution in [2.24, 2.45) is 11.1 Å². The molecule has 1 aliphatic rings. The predicted octanol–water partition coefficient (Wildman–Crippen LogP) is 2.32. The molecule has 3 heteroatoms. The fraction of sp³-hybridized carbons (Fsp3) is 0.786. The second-order valence-electron chi connectivity index (χ2n) is 6.29. The SMILES string of the molecule is C=CCN(C(=O)C1(C)CCCC1N)C(C)(C)C. The predicted molar refractivity (Wildman–Crippen MR) is 71.6 cm³/mol. The normalized spacial score (nSPS) is 29.1. The maximum Gasteiger partial charge on any atom is 0.230 e. The van der Waals surface area contributed by atoms with Crippen molar-refractivity contribution in [1.29, 1.82) is 0 Å². The van der Waals surface area contributed by atoms with Crippen LogP contribution in [-0.4, -0.2) is 28.9 Å². The molecule has 2 N–H and O–H groups in total. The smallest absolute Gasteiger partial charge is 0.230 e. The van der Waals surface area contributed by atoms with Gasteiger partial charge in [-0.1, -0.05) is 12.5 Å². The number of nitrogens with two attached hydrogens (primary N) is 1. The molecule has 0 aromatic rings. The Kier molecular flexibility index (Phi) is 4.03. The lowest BCUT2D eigenvalue weighted by Crippen LogP contribution is -2.55. The molecule has 17 heavy (non-hydrogen) atoms. The van der Waals surface area contributed by atoms with E-state index in [0.29, 0.717) is 6.54 Å². The molecule has 0 heterocycles. The summed E-state index contributed by atoms with van der Waals surface area (Å²) in [5.41, 5.74) is 5.54. The molecule has 1 aliphatic carbocycles. The first-order valence-corrected chi connectivity index (χ1v) is 6.42. The maximum absolute atomic E-state index is 12.7. The van der Waals surface area contributed by atoms with Gasteiger partial charge in [0.25, 0.3) is 0 Å². The van der Waals surface area contributed by atoms with Crippen LogP contribution in [0.2, 0.25) is 0 Å². The highest BCUT2D eigenvalue weighted by Gasteiger charge is 2.46. The van der Waals surface area contributed by atoms with Gasteiger partial charge in [-0.25, -0.2) is 0 Å². The Morgan fingerprint density at radius 2 is 2.18 bits per heavy atom. The molecule has 0 bridgehead atoms. The van der Waals surface area contributed by atoms with Gasteiger partial charge < -0.3 is 10.6 Å². The van der Waals surface area contributed by atoms with Gasteiger partial charge in [0, 0.05) is 18.1 Å². The molecule has 2 unspecified atom stereocenters. The number of hydrogen-bond donors (Lipinski definition) is 1. The van der Waals surface area contributed by atoms with E-state index in [1.54, 1.807) is 6.08 Å². The third-order valence-corrected chi connectivity index (χ3v) is 3.88. The Balaban J connectivity index is 2.96. The lowest BCUT2D eigenvalue weighted by Gasteiger charge is -2.41. The van der Waals surface area contributed by atoms with Crippen molar-refractivity contribution in [3.8, 4) is 0 Å². The quantitative estimate of drug-likeness (QED) is 0.767. The average Bonchev–Trinajstić information content (AvgIpc) is 2.54. The highest BCUT2D eigenvalue weighted by atomic mass is 16.2. The van der Waals surface area contributed by atoms with Crippen molar-refractivity contribution >= 4 is 5.91 Å². The minimum atomic E-state index is -0.393. The summed E-state index contributed by atoms with van der Waals surface area (Å²) in [7, 11) is 0. The molecule has 0 spiro atoms. The molecule has 2 atom stereocenters. The van der Waals surface area contributed by atoms with Crippen LogP contribution in [0, 0.1) is 5.41 Å². The molecule has 1 fully saturated rings. The maximum atomic E-state index is 12.7. The van der Waals surface area contributed by atoms with E-state index in [2.05, 4.69) is 27.4 Å². The first kappa shape index (κ1) is 14.2. The zero-order valence-corrected chi connectivity index (χ0v) is 11.6. The highest BCUT2D eigenvalue weighted by molar-refractivity contribution is 5.84. The molecule has 3 nitrogen and oxygen atoms in total. The summed E-state index contributed by atoms with van der Waals surface area (Å²) in [6, 6.07) is -0.00957. The Bertz CT molecular complexity index is 306. The molecular formula is C14H26N2O. The van der Waals surface area contributed by atoms with Gasteiger partial charge in [0.1, 0.15) is 0 Å². The van der Waals surface area contributed by atoms with Gasteiger partial charge in [0.15, 0.2) is 0 Å². The fourth-order valence-electron chi connectivity index (χ4n) is 2.56. The first-order valence-electron chi connectivity index (χ1n) is 6.42. The van der Waals surface area contributed by atoms with E-state index >= 15 is 0 Å². The second kappa shape index (κ2) is 4.81. The largest absolute Gasteiger partial charge is 0.334 e. The van der Waals surface area contributed by atoms with E-state index in [-0.39, 0.29) is 17.5 Å². The molecule has 1 amide bonds. The molecule has 0 aromatic carbocycles. The van der Waals surface area contributed by atoms with Gasteiger partial charge in [-0.3, -0.25) is 4.79 Å². The molecule has 1 rings (SSSR count). The topological polar surface area (TPSA) is 46.3 Å². The molecular weight excluding hydrogens is 212 g/mol. The van der Waals surface area contributed by atoms with Gasteiger partial charge in [0.05, 0.1) is 5.41 Å². The van der Waals surface area contributed by atoms with E-state index in [9.17, 15) is 4.79 Å². The Morgan fingerprint density at radius 3 is 2.53 bits per heavy atom. The molecule has 1 saturated carbocycles. The van der Waals surface area contributed by atoms with Crippen molar-refractivity contribution in [3.63, 3.8) is 0 Å². The standard InChI is InChI=1S/C14H26N2O/c1-6-10-16(13(2,3)4)12(17)14(5)9-7-8-11(14)15/h6,11H,1,7-10,15H2,2-5H3. The molecule has 0 aromatic heterocycles. The first-order chi connectivity index (χ1) is 7.73. The summed E-state index contributed by atoms with van der Waals surface area (Å²) in [5.74, 6) is 0.176. The second-order valence-corrected chi connectivity index (χ2v) is 6.29. The number of carbonyl (C=O) groups is 1. The van der Waals surface area contributed by atoms with E-state index in [1.807, 2.05) is 11.8 Å². The van der Waals surface area contributed by atoms with Crippen molar-refractivity contribution < 1.29 is 4.79 Å². The summed E-state index contributed by atoms with van der Waals surface area (Å²) >= 11 is 0. The van der Waals surface area contributed by atoms with Crippen molar-refractivity contribution in [3.05, 3.63) is 12.7 Å². The van der Waals surface area contributed by atoms with E-state index in [0.717, 1.165) is 19.3 Å².